The molecule has 0 fully saturated rings. The molecule has 0 atom stereocenters. The molecule has 0 unspecified atom stereocenters. The zero-order valence-electron chi connectivity index (χ0n) is 10.4. The van der Waals surface area contributed by atoms with Crippen molar-refractivity contribution >= 4 is 5.78 Å². The molecule has 0 bridgehead atoms. The summed E-state index contributed by atoms with van der Waals surface area (Å²) in [6.45, 7) is 5.99. The van der Waals surface area contributed by atoms with Gasteiger partial charge in [-0.15, -0.1) is 0 Å². The number of benzene rings is 1. The van der Waals surface area contributed by atoms with Crippen LogP contribution < -0.4 is 4.74 Å². The number of hydrogen-bond acceptors (Lipinski definition) is 2. The summed E-state index contributed by atoms with van der Waals surface area (Å²) in [5.74, 6) is -1.01. The lowest BCUT2D eigenvalue weighted by Gasteiger charge is -2.20. The third-order valence-electron chi connectivity index (χ3n) is 2.53. The number of ether oxygens (including phenoxy) is 1. The first-order valence-corrected chi connectivity index (χ1v) is 5.28. The van der Waals surface area contributed by atoms with Crippen molar-refractivity contribution in [3.05, 3.63) is 29.3 Å². The standard InChI is InChI=1S/C13H16F2O2/c1-13(2,3)8-5-6-9(10(7-8)17-4)11(16)12(14)15/h5-7,12H,1-4H3. The lowest BCUT2D eigenvalue weighted by Crippen LogP contribution is -2.15. The molecule has 1 rings (SSSR count). The van der Waals surface area contributed by atoms with E-state index < -0.39 is 12.2 Å². The lowest BCUT2D eigenvalue weighted by atomic mass is 9.86. The summed E-state index contributed by atoms with van der Waals surface area (Å²) >= 11 is 0. The van der Waals surface area contributed by atoms with Gasteiger partial charge in [0, 0.05) is 0 Å². The van der Waals surface area contributed by atoms with Gasteiger partial charge in [0.2, 0.25) is 5.78 Å². The summed E-state index contributed by atoms with van der Waals surface area (Å²) in [6.07, 6.45) is -3.01. The van der Waals surface area contributed by atoms with E-state index in [9.17, 15) is 13.6 Å². The first-order valence-electron chi connectivity index (χ1n) is 5.28. The molecular weight excluding hydrogens is 226 g/mol. The van der Waals surface area contributed by atoms with Gasteiger partial charge < -0.3 is 4.74 Å². The highest BCUT2D eigenvalue weighted by Crippen LogP contribution is 2.29. The van der Waals surface area contributed by atoms with Gasteiger partial charge in [-0.25, -0.2) is 8.78 Å². The first-order chi connectivity index (χ1) is 7.77. The molecule has 0 spiro atoms. The van der Waals surface area contributed by atoms with Crippen molar-refractivity contribution in [2.75, 3.05) is 7.11 Å². The van der Waals surface area contributed by atoms with Crippen molar-refractivity contribution in [1.82, 2.24) is 0 Å². The Morgan fingerprint density at radius 2 is 1.88 bits per heavy atom. The predicted octanol–water partition coefficient (Wildman–Crippen LogP) is 3.44. The summed E-state index contributed by atoms with van der Waals surface area (Å²) < 4.78 is 29.7. The minimum atomic E-state index is -3.01. The van der Waals surface area contributed by atoms with Crippen molar-refractivity contribution < 1.29 is 18.3 Å². The average molecular weight is 242 g/mol. The molecule has 0 saturated heterocycles. The van der Waals surface area contributed by atoms with Crippen LogP contribution in [-0.4, -0.2) is 19.3 Å². The van der Waals surface area contributed by atoms with Gasteiger partial charge in [0.05, 0.1) is 12.7 Å². The molecule has 1 aromatic rings. The summed E-state index contributed by atoms with van der Waals surface area (Å²) in [7, 11) is 1.37. The molecule has 0 amide bonds. The van der Waals surface area contributed by atoms with Gasteiger partial charge in [-0.3, -0.25) is 4.79 Å². The molecule has 0 heterocycles. The monoisotopic (exact) mass is 242 g/mol. The number of ketones is 1. The first kappa shape index (κ1) is 13.6. The normalized spacial score (nSPS) is 11.7. The molecule has 17 heavy (non-hydrogen) atoms. The average Bonchev–Trinajstić information content (AvgIpc) is 2.25. The van der Waals surface area contributed by atoms with Crippen LogP contribution in [0.2, 0.25) is 0 Å². The van der Waals surface area contributed by atoms with Crippen LogP contribution in [0.3, 0.4) is 0 Å². The third-order valence-corrected chi connectivity index (χ3v) is 2.53. The predicted molar refractivity (Wildman–Crippen MR) is 62.0 cm³/mol. The Kier molecular flexibility index (Phi) is 3.86. The van der Waals surface area contributed by atoms with E-state index in [-0.39, 0.29) is 16.7 Å². The van der Waals surface area contributed by atoms with Gasteiger partial charge in [0.25, 0.3) is 0 Å². The molecule has 0 saturated carbocycles. The Morgan fingerprint density at radius 1 is 1.29 bits per heavy atom. The topological polar surface area (TPSA) is 26.3 Å². The molecular formula is C13H16F2O2. The molecule has 1 aromatic carbocycles. The van der Waals surface area contributed by atoms with Crippen molar-refractivity contribution in [2.24, 2.45) is 0 Å². The van der Waals surface area contributed by atoms with Crippen LogP contribution >= 0.6 is 0 Å². The van der Waals surface area contributed by atoms with Crippen LogP contribution in [0.5, 0.6) is 5.75 Å². The van der Waals surface area contributed by atoms with Gasteiger partial charge in [0.15, 0.2) is 0 Å². The van der Waals surface area contributed by atoms with Crippen LogP contribution in [0.1, 0.15) is 36.7 Å². The molecule has 0 aliphatic carbocycles. The van der Waals surface area contributed by atoms with Gasteiger partial charge in [-0.05, 0) is 23.1 Å². The number of halogens is 2. The Balaban J connectivity index is 3.24. The number of alkyl halides is 2. The number of Topliss-reactive ketones (excluding diaryl/α,β-unsaturated/α-hetero) is 1. The second kappa shape index (κ2) is 4.82. The Labute approximate surface area is 99.6 Å². The van der Waals surface area contributed by atoms with Crippen LogP contribution in [-0.2, 0) is 5.41 Å². The van der Waals surface area contributed by atoms with E-state index in [4.69, 9.17) is 4.74 Å². The van der Waals surface area contributed by atoms with Crippen molar-refractivity contribution in [3.8, 4) is 5.75 Å². The molecule has 0 radical (unpaired) electrons. The number of carbonyl (C=O) groups excluding carboxylic acids is 1. The fraction of sp³-hybridized carbons (Fsp3) is 0.462. The Morgan fingerprint density at radius 3 is 2.29 bits per heavy atom. The number of rotatable bonds is 3. The smallest absolute Gasteiger partial charge is 0.300 e. The quantitative estimate of drug-likeness (QED) is 0.759. The Hall–Kier alpha value is -1.45. The molecule has 4 heteroatoms. The minimum Gasteiger partial charge on any atom is -0.496 e. The summed E-state index contributed by atoms with van der Waals surface area (Å²) in [6, 6.07) is 4.71. The van der Waals surface area contributed by atoms with Crippen LogP contribution in [0.15, 0.2) is 18.2 Å². The zero-order chi connectivity index (χ0) is 13.2. The van der Waals surface area contributed by atoms with E-state index in [0.717, 1.165) is 5.56 Å². The third kappa shape index (κ3) is 3.02. The second-order valence-electron chi connectivity index (χ2n) is 4.83. The lowest BCUT2D eigenvalue weighted by molar-refractivity contribution is 0.0675. The molecule has 94 valence electrons. The SMILES string of the molecule is COc1cc(C(C)(C)C)ccc1C(=O)C(F)F. The van der Waals surface area contributed by atoms with Gasteiger partial charge >= 0.3 is 6.43 Å². The number of carbonyl (C=O) groups is 1. The molecule has 0 aliphatic rings. The highest BCUT2D eigenvalue weighted by molar-refractivity contribution is 6.00. The van der Waals surface area contributed by atoms with E-state index in [1.807, 2.05) is 20.8 Å². The van der Waals surface area contributed by atoms with Crippen molar-refractivity contribution in [2.45, 2.75) is 32.6 Å². The maximum Gasteiger partial charge on any atom is 0.300 e. The molecule has 2 nitrogen and oxygen atoms in total. The summed E-state index contributed by atoms with van der Waals surface area (Å²) in [4.78, 5) is 11.3. The maximum absolute atomic E-state index is 12.4. The fourth-order valence-electron chi connectivity index (χ4n) is 1.48. The van der Waals surface area contributed by atoms with Gasteiger partial charge in [0.1, 0.15) is 5.75 Å². The van der Waals surface area contributed by atoms with E-state index in [1.54, 1.807) is 12.1 Å². The van der Waals surface area contributed by atoms with Crippen LogP contribution in [0.4, 0.5) is 8.78 Å². The number of hydrogen-bond donors (Lipinski definition) is 0. The van der Waals surface area contributed by atoms with E-state index in [1.165, 1.54) is 13.2 Å². The molecule has 0 N–H and O–H groups in total. The second-order valence-corrected chi connectivity index (χ2v) is 4.83. The number of methoxy groups -OCH3 is 1. The Bertz CT molecular complexity index is 420. The summed E-state index contributed by atoms with van der Waals surface area (Å²) in [5.41, 5.74) is 0.732. The van der Waals surface area contributed by atoms with Crippen LogP contribution in [0, 0.1) is 0 Å². The van der Waals surface area contributed by atoms with E-state index in [0.29, 0.717) is 0 Å². The zero-order valence-corrected chi connectivity index (χ0v) is 10.4. The van der Waals surface area contributed by atoms with E-state index >= 15 is 0 Å². The highest BCUT2D eigenvalue weighted by Gasteiger charge is 2.23. The van der Waals surface area contributed by atoms with Gasteiger partial charge in [-0.1, -0.05) is 26.8 Å². The highest BCUT2D eigenvalue weighted by atomic mass is 19.3. The van der Waals surface area contributed by atoms with E-state index in [2.05, 4.69) is 0 Å². The largest absolute Gasteiger partial charge is 0.496 e. The van der Waals surface area contributed by atoms with Gasteiger partial charge in [-0.2, -0.15) is 0 Å². The minimum absolute atomic E-state index is 0.0736. The molecule has 0 aromatic heterocycles. The van der Waals surface area contributed by atoms with Crippen LogP contribution in [0.25, 0.3) is 0 Å². The van der Waals surface area contributed by atoms with Crippen molar-refractivity contribution in [3.63, 3.8) is 0 Å². The summed E-state index contributed by atoms with van der Waals surface area (Å²) in [5, 5.41) is 0. The maximum atomic E-state index is 12.4. The fourth-order valence-corrected chi connectivity index (χ4v) is 1.48. The molecule has 0 aliphatic heterocycles. The van der Waals surface area contributed by atoms with Crippen molar-refractivity contribution in [1.29, 1.82) is 0 Å².